The Labute approximate surface area is 78.6 Å². The fraction of sp³-hybridized carbons (Fsp3) is 1.00. The summed E-state index contributed by atoms with van der Waals surface area (Å²) < 4.78 is 24.9. The Kier molecular flexibility index (Phi) is 2.33. The molecule has 4 nitrogen and oxygen atoms in total. The van der Waals surface area contributed by atoms with Crippen molar-refractivity contribution in [2.24, 2.45) is 0 Å². The molecule has 1 aliphatic carbocycles. The van der Waals surface area contributed by atoms with Gasteiger partial charge in [0.1, 0.15) is 0 Å². The van der Waals surface area contributed by atoms with E-state index in [1.54, 1.807) is 0 Å². The monoisotopic (exact) mass is 205 g/mol. The smallest absolute Gasteiger partial charge is 0.217 e. The van der Waals surface area contributed by atoms with Gasteiger partial charge < -0.3 is 5.11 Å². The van der Waals surface area contributed by atoms with E-state index in [0.29, 0.717) is 13.1 Å². The minimum absolute atomic E-state index is 0.141. The number of aliphatic hydroxyl groups excluding tert-OH is 1. The van der Waals surface area contributed by atoms with Crippen LogP contribution in [-0.4, -0.2) is 42.3 Å². The molecule has 0 unspecified atom stereocenters. The maximum atomic E-state index is 11.7. The largest absolute Gasteiger partial charge is 0.392 e. The summed E-state index contributed by atoms with van der Waals surface area (Å²) in [5.41, 5.74) is 0. The van der Waals surface area contributed by atoms with Crippen molar-refractivity contribution in [1.82, 2.24) is 4.31 Å². The maximum absolute atomic E-state index is 11.7. The molecule has 0 amide bonds. The van der Waals surface area contributed by atoms with Crippen LogP contribution >= 0.6 is 0 Å². The lowest BCUT2D eigenvalue weighted by molar-refractivity contribution is 0.108. The molecule has 0 aromatic carbocycles. The number of aliphatic hydroxyl groups is 1. The zero-order valence-corrected chi connectivity index (χ0v) is 8.33. The highest BCUT2D eigenvalue weighted by Gasteiger charge is 2.41. The summed E-state index contributed by atoms with van der Waals surface area (Å²) in [5, 5.41) is 9.20. The van der Waals surface area contributed by atoms with Gasteiger partial charge in [-0.3, -0.25) is 0 Å². The van der Waals surface area contributed by atoms with Crippen LogP contribution in [0.25, 0.3) is 0 Å². The molecule has 1 N–H and O–H groups in total. The number of hydrogen-bond donors (Lipinski definition) is 1. The first kappa shape index (κ1) is 9.43. The van der Waals surface area contributed by atoms with Crippen LogP contribution in [0.4, 0.5) is 0 Å². The second-order valence-electron chi connectivity index (χ2n) is 3.90. The molecule has 1 heterocycles. The highest BCUT2D eigenvalue weighted by Crippen LogP contribution is 2.32. The van der Waals surface area contributed by atoms with E-state index in [1.807, 2.05) is 0 Å². The first-order valence-corrected chi connectivity index (χ1v) is 6.28. The van der Waals surface area contributed by atoms with E-state index in [-0.39, 0.29) is 5.25 Å². The van der Waals surface area contributed by atoms with Crippen molar-refractivity contribution in [3.8, 4) is 0 Å². The molecule has 0 aromatic heterocycles. The lowest BCUT2D eigenvalue weighted by Gasteiger charge is -2.29. The molecule has 1 atom stereocenters. The Bertz CT molecular complexity index is 284. The van der Waals surface area contributed by atoms with Gasteiger partial charge in [0.05, 0.1) is 11.4 Å². The highest BCUT2D eigenvalue weighted by atomic mass is 32.2. The van der Waals surface area contributed by atoms with Crippen molar-refractivity contribution in [2.45, 2.75) is 37.0 Å². The quantitative estimate of drug-likeness (QED) is 0.687. The van der Waals surface area contributed by atoms with Gasteiger partial charge in [-0.1, -0.05) is 0 Å². The Morgan fingerprint density at radius 1 is 1.23 bits per heavy atom. The molecule has 1 saturated carbocycles. The average molecular weight is 205 g/mol. The molecular formula is C8H15NO3S. The first-order valence-electron chi connectivity index (χ1n) is 4.78. The van der Waals surface area contributed by atoms with Gasteiger partial charge in [-0.15, -0.1) is 0 Å². The summed E-state index contributed by atoms with van der Waals surface area (Å²) in [4.78, 5) is 0. The van der Waals surface area contributed by atoms with E-state index in [1.165, 1.54) is 4.31 Å². The second-order valence-corrected chi connectivity index (χ2v) is 6.11. The van der Waals surface area contributed by atoms with E-state index in [4.69, 9.17) is 0 Å². The Morgan fingerprint density at radius 2 is 1.92 bits per heavy atom. The normalized spacial score (nSPS) is 31.9. The molecule has 0 radical (unpaired) electrons. The van der Waals surface area contributed by atoms with Crippen LogP contribution in [-0.2, 0) is 10.0 Å². The van der Waals surface area contributed by atoms with Crippen LogP contribution in [0, 0.1) is 0 Å². The summed E-state index contributed by atoms with van der Waals surface area (Å²) >= 11 is 0. The number of rotatable bonds is 2. The molecule has 0 bridgehead atoms. The van der Waals surface area contributed by atoms with Gasteiger partial charge in [0.15, 0.2) is 0 Å². The highest BCUT2D eigenvalue weighted by molar-refractivity contribution is 7.90. The molecule has 2 fully saturated rings. The minimum atomic E-state index is -3.05. The van der Waals surface area contributed by atoms with Gasteiger partial charge in [0, 0.05) is 13.1 Å². The van der Waals surface area contributed by atoms with E-state index in [0.717, 1.165) is 25.7 Å². The van der Waals surface area contributed by atoms with Crippen molar-refractivity contribution >= 4 is 10.0 Å². The number of β-amino-alcohol motifs (C(OH)–C–C–N with tert-alkyl or cyclic N) is 1. The van der Waals surface area contributed by atoms with Crippen molar-refractivity contribution in [3.63, 3.8) is 0 Å². The molecule has 2 rings (SSSR count). The SMILES string of the molecule is O=S(=O)(C1CC1)N1CCC[C@@H](O)C1. The van der Waals surface area contributed by atoms with Crippen LogP contribution < -0.4 is 0 Å². The van der Waals surface area contributed by atoms with Gasteiger partial charge in [-0.2, -0.15) is 4.31 Å². The second kappa shape index (κ2) is 3.22. The third kappa shape index (κ3) is 1.87. The number of nitrogens with zero attached hydrogens (tertiary/aromatic N) is 1. The summed E-state index contributed by atoms with van der Waals surface area (Å²) in [5.74, 6) is 0. The summed E-state index contributed by atoms with van der Waals surface area (Å²) in [6.45, 7) is 0.898. The molecule has 2 aliphatic rings. The number of piperidine rings is 1. The van der Waals surface area contributed by atoms with Crippen LogP contribution in [0.15, 0.2) is 0 Å². The Morgan fingerprint density at radius 3 is 2.46 bits per heavy atom. The third-order valence-corrected chi connectivity index (χ3v) is 5.03. The standard InChI is InChI=1S/C8H15NO3S/c10-7-2-1-5-9(6-7)13(11,12)8-3-4-8/h7-8,10H,1-6H2/t7-/m1/s1. The molecule has 1 aliphatic heterocycles. The third-order valence-electron chi connectivity index (χ3n) is 2.66. The lowest BCUT2D eigenvalue weighted by atomic mass is 10.1. The topological polar surface area (TPSA) is 57.6 Å². The van der Waals surface area contributed by atoms with Crippen molar-refractivity contribution < 1.29 is 13.5 Å². The molecule has 13 heavy (non-hydrogen) atoms. The van der Waals surface area contributed by atoms with Gasteiger partial charge >= 0.3 is 0 Å². The number of hydrogen-bond acceptors (Lipinski definition) is 3. The fourth-order valence-corrected chi connectivity index (χ4v) is 3.65. The van der Waals surface area contributed by atoms with Crippen LogP contribution in [0.1, 0.15) is 25.7 Å². The minimum Gasteiger partial charge on any atom is -0.392 e. The van der Waals surface area contributed by atoms with Gasteiger partial charge in [-0.25, -0.2) is 8.42 Å². The zero-order chi connectivity index (χ0) is 9.47. The van der Waals surface area contributed by atoms with Crippen LogP contribution in [0.3, 0.4) is 0 Å². The van der Waals surface area contributed by atoms with Gasteiger partial charge in [0.25, 0.3) is 0 Å². The lowest BCUT2D eigenvalue weighted by Crippen LogP contribution is -2.43. The first-order chi connectivity index (χ1) is 6.10. The van der Waals surface area contributed by atoms with Gasteiger partial charge in [0.2, 0.25) is 10.0 Å². The Balaban J connectivity index is 2.06. The predicted molar refractivity (Wildman–Crippen MR) is 48.8 cm³/mol. The van der Waals surface area contributed by atoms with Crippen molar-refractivity contribution in [1.29, 1.82) is 0 Å². The van der Waals surface area contributed by atoms with Crippen LogP contribution in [0.5, 0.6) is 0 Å². The molecule has 0 spiro atoms. The van der Waals surface area contributed by atoms with E-state index in [9.17, 15) is 13.5 Å². The molecule has 5 heteroatoms. The van der Waals surface area contributed by atoms with E-state index in [2.05, 4.69) is 0 Å². The summed E-state index contributed by atoms with van der Waals surface area (Å²) in [6, 6.07) is 0. The molecule has 76 valence electrons. The molecule has 1 saturated heterocycles. The van der Waals surface area contributed by atoms with E-state index < -0.39 is 16.1 Å². The van der Waals surface area contributed by atoms with Crippen LogP contribution in [0.2, 0.25) is 0 Å². The van der Waals surface area contributed by atoms with Crippen molar-refractivity contribution in [2.75, 3.05) is 13.1 Å². The average Bonchev–Trinajstić information content (AvgIpc) is 2.86. The molecule has 0 aromatic rings. The predicted octanol–water partition coefficient (Wildman–Crippen LogP) is -0.0647. The number of sulfonamides is 1. The maximum Gasteiger partial charge on any atom is 0.217 e. The summed E-state index contributed by atoms with van der Waals surface area (Å²) in [6.07, 6.45) is 2.66. The van der Waals surface area contributed by atoms with Crippen molar-refractivity contribution in [3.05, 3.63) is 0 Å². The summed E-state index contributed by atoms with van der Waals surface area (Å²) in [7, 11) is -3.05. The van der Waals surface area contributed by atoms with Gasteiger partial charge in [-0.05, 0) is 25.7 Å². The fourth-order valence-electron chi connectivity index (χ4n) is 1.73. The van der Waals surface area contributed by atoms with E-state index >= 15 is 0 Å². The zero-order valence-electron chi connectivity index (χ0n) is 7.52. The Hall–Kier alpha value is -0.130. The molecular weight excluding hydrogens is 190 g/mol.